The maximum Gasteiger partial charge on any atom is 0.191 e. The lowest BCUT2D eigenvalue weighted by atomic mass is 10.1. The van der Waals surface area contributed by atoms with Crippen LogP contribution in [0.15, 0.2) is 22.5 Å². The first kappa shape index (κ1) is 20.5. The van der Waals surface area contributed by atoms with E-state index in [9.17, 15) is 0 Å². The van der Waals surface area contributed by atoms with Crippen LogP contribution in [0.4, 0.5) is 5.00 Å². The van der Waals surface area contributed by atoms with Crippen molar-refractivity contribution >= 4 is 46.3 Å². The first-order valence-electron chi connectivity index (χ1n) is 8.59. The number of halogens is 1. The van der Waals surface area contributed by atoms with Gasteiger partial charge in [-0.2, -0.15) is 0 Å². The van der Waals surface area contributed by atoms with Crippen molar-refractivity contribution < 1.29 is 0 Å². The number of hydrogen-bond acceptors (Lipinski definition) is 3. The summed E-state index contributed by atoms with van der Waals surface area (Å²) in [5.41, 5.74) is 0. The Labute approximate surface area is 162 Å². The Morgan fingerprint density at radius 3 is 2.70 bits per heavy atom. The van der Waals surface area contributed by atoms with Gasteiger partial charge in [-0.25, -0.2) is 0 Å². The number of unbranched alkanes of at least 4 members (excludes halogenated alkanes) is 3. The second-order valence-electron chi connectivity index (χ2n) is 5.92. The van der Waals surface area contributed by atoms with Gasteiger partial charge >= 0.3 is 0 Å². The fraction of sp³-hybridized carbons (Fsp3) is 0.706. The summed E-state index contributed by atoms with van der Waals surface area (Å²) in [6, 6.07) is 4.89. The van der Waals surface area contributed by atoms with Crippen molar-refractivity contribution in [2.75, 3.05) is 31.6 Å². The standard InChI is InChI=1S/C17H30N4S.HI/c1-3-4-5-6-11-19-17(18-2)20-15-9-12-21(13-10-15)16-8-7-14-22-16;/h7-8,14-15H,3-6,9-13H2,1-2H3,(H2,18,19,20);1H. The zero-order valence-corrected chi connectivity index (χ0v) is 17.5. The summed E-state index contributed by atoms with van der Waals surface area (Å²) >= 11 is 1.84. The van der Waals surface area contributed by atoms with Crippen molar-refractivity contribution in [1.29, 1.82) is 0 Å². The maximum atomic E-state index is 4.35. The van der Waals surface area contributed by atoms with E-state index in [0.717, 1.165) is 25.6 Å². The molecule has 4 nitrogen and oxygen atoms in total. The molecule has 1 fully saturated rings. The first-order valence-corrected chi connectivity index (χ1v) is 9.47. The van der Waals surface area contributed by atoms with Crippen LogP contribution in [0.25, 0.3) is 0 Å². The average molecular weight is 450 g/mol. The number of rotatable bonds is 7. The SMILES string of the molecule is CCCCCCNC(=NC)NC1CCN(c2cccs2)CC1.I. The highest BCUT2D eigenvalue weighted by atomic mass is 127. The predicted molar refractivity (Wildman–Crippen MR) is 114 cm³/mol. The third kappa shape index (κ3) is 7.28. The van der Waals surface area contributed by atoms with Crippen molar-refractivity contribution in [2.45, 2.75) is 51.5 Å². The van der Waals surface area contributed by atoms with Gasteiger partial charge in [0.25, 0.3) is 0 Å². The van der Waals surface area contributed by atoms with Gasteiger partial charge in [0.15, 0.2) is 5.96 Å². The van der Waals surface area contributed by atoms with Gasteiger partial charge in [-0.1, -0.05) is 26.2 Å². The Kier molecular flexibility index (Phi) is 10.7. The number of anilines is 1. The van der Waals surface area contributed by atoms with Crippen LogP contribution in [-0.4, -0.2) is 38.7 Å². The summed E-state index contributed by atoms with van der Waals surface area (Å²) < 4.78 is 0. The quantitative estimate of drug-likeness (QED) is 0.285. The lowest BCUT2D eigenvalue weighted by Gasteiger charge is -2.33. The summed E-state index contributed by atoms with van der Waals surface area (Å²) in [4.78, 5) is 6.84. The Morgan fingerprint density at radius 2 is 2.09 bits per heavy atom. The van der Waals surface area contributed by atoms with Crippen molar-refractivity contribution in [3.8, 4) is 0 Å². The highest BCUT2D eigenvalue weighted by Gasteiger charge is 2.20. The van der Waals surface area contributed by atoms with Crippen molar-refractivity contribution in [2.24, 2.45) is 4.99 Å². The molecule has 6 heteroatoms. The molecule has 0 bridgehead atoms. The third-order valence-electron chi connectivity index (χ3n) is 4.20. The zero-order chi connectivity index (χ0) is 15.6. The molecule has 2 N–H and O–H groups in total. The lowest BCUT2D eigenvalue weighted by molar-refractivity contribution is 0.462. The number of nitrogens with one attached hydrogen (secondary N) is 2. The molecule has 1 aromatic rings. The molecule has 1 aromatic heterocycles. The van der Waals surface area contributed by atoms with Crippen LogP contribution >= 0.6 is 35.3 Å². The monoisotopic (exact) mass is 450 g/mol. The molecule has 1 saturated heterocycles. The maximum absolute atomic E-state index is 4.35. The normalized spacial score (nSPS) is 16.1. The van der Waals surface area contributed by atoms with Gasteiger partial charge in [0.1, 0.15) is 0 Å². The van der Waals surface area contributed by atoms with E-state index in [-0.39, 0.29) is 24.0 Å². The van der Waals surface area contributed by atoms with Gasteiger partial charge in [-0.05, 0) is 36.8 Å². The van der Waals surface area contributed by atoms with Gasteiger partial charge in [0, 0.05) is 32.7 Å². The third-order valence-corrected chi connectivity index (χ3v) is 5.13. The summed E-state index contributed by atoms with van der Waals surface area (Å²) in [5, 5.41) is 10.6. The molecule has 0 radical (unpaired) electrons. The molecule has 0 aromatic carbocycles. The minimum Gasteiger partial charge on any atom is -0.363 e. The molecule has 0 unspecified atom stereocenters. The van der Waals surface area contributed by atoms with E-state index < -0.39 is 0 Å². The van der Waals surface area contributed by atoms with Gasteiger partial charge in [-0.3, -0.25) is 4.99 Å². The zero-order valence-electron chi connectivity index (χ0n) is 14.4. The number of nitrogens with zero attached hydrogens (tertiary/aromatic N) is 2. The molecule has 2 rings (SSSR count). The van der Waals surface area contributed by atoms with Crippen LogP contribution in [0.2, 0.25) is 0 Å². The molecule has 0 aliphatic carbocycles. The van der Waals surface area contributed by atoms with E-state index in [2.05, 4.69) is 45.0 Å². The van der Waals surface area contributed by atoms with E-state index in [4.69, 9.17) is 0 Å². The number of hydrogen-bond donors (Lipinski definition) is 2. The van der Waals surface area contributed by atoms with Gasteiger partial charge in [0.2, 0.25) is 0 Å². The molecule has 0 amide bonds. The number of thiophene rings is 1. The van der Waals surface area contributed by atoms with Crippen molar-refractivity contribution in [3.63, 3.8) is 0 Å². The molecule has 1 aliphatic heterocycles. The largest absolute Gasteiger partial charge is 0.363 e. The van der Waals surface area contributed by atoms with Crippen LogP contribution in [-0.2, 0) is 0 Å². The molecule has 2 heterocycles. The number of guanidine groups is 1. The summed E-state index contributed by atoms with van der Waals surface area (Å²) in [5.74, 6) is 0.964. The first-order chi connectivity index (χ1) is 10.8. The van der Waals surface area contributed by atoms with Crippen LogP contribution in [0.3, 0.4) is 0 Å². The summed E-state index contributed by atoms with van der Waals surface area (Å²) in [6.07, 6.45) is 7.50. The van der Waals surface area contributed by atoms with Crippen LogP contribution < -0.4 is 15.5 Å². The van der Waals surface area contributed by atoms with E-state index >= 15 is 0 Å². The average Bonchev–Trinajstić information content (AvgIpc) is 3.08. The molecule has 0 saturated carbocycles. The Morgan fingerprint density at radius 1 is 1.30 bits per heavy atom. The minimum absolute atomic E-state index is 0. The summed E-state index contributed by atoms with van der Waals surface area (Å²) in [6.45, 7) is 5.53. The van der Waals surface area contributed by atoms with Gasteiger partial charge in [-0.15, -0.1) is 35.3 Å². The Bertz CT molecular complexity index is 428. The second kappa shape index (κ2) is 11.9. The fourth-order valence-electron chi connectivity index (χ4n) is 2.84. The fourth-order valence-corrected chi connectivity index (χ4v) is 3.63. The molecule has 132 valence electrons. The van der Waals surface area contributed by atoms with E-state index in [0.29, 0.717) is 6.04 Å². The predicted octanol–water partition coefficient (Wildman–Crippen LogP) is 4.08. The molecule has 0 spiro atoms. The van der Waals surface area contributed by atoms with E-state index in [1.807, 2.05) is 18.4 Å². The van der Waals surface area contributed by atoms with Crippen LogP contribution in [0, 0.1) is 0 Å². The molecule has 23 heavy (non-hydrogen) atoms. The molecular formula is C17H31IN4S. The lowest BCUT2D eigenvalue weighted by Crippen LogP contribution is -2.48. The second-order valence-corrected chi connectivity index (χ2v) is 6.84. The van der Waals surface area contributed by atoms with Crippen molar-refractivity contribution in [3.05, 3.63) is 17.5 Å². The van der Waals surface area contributed by atoms with Gasteiger partial charge < -0.3 is 15.5 Å². The highest BCUT2D eigenvalue weighted by Crippen LogP contribution is 2.24. The highest BCUT2D eigenvalue weighted by molar-refractivity contribution is 14.0. The van der Waals surface area contributed by atoms with E-state index in [1.54, 1.807) is 0 Å². The summed E-state index contributed by atoms with van der Waals surface area (Å²) in [7, 11) is 1.86. The Balaban J connectivity index is 0.00000264. The number of piperidine rings is 1. The topological polar surface area (TPSA) is 39.7 Å². The number of aliphatic imine (C=N–C) groups is 1. The smallest absolute Gasteiger partial charge is 0.191 e. The Hall–Kier alpha value is -0.500. The van der Waals surface area contributed by atoms with Gasteiger partial charge in [0.05, 0.1) is 5.00 Å². The van der Waals surface area contributed by atoms with E-state index in [1.165, 1.54) is 43.5 Å². The molecular weight excluding hydrogens is 419 g/mol. The minimum atomic E-state index is 0. The molecule has 0 atom stereocenters. The van der Waals surface area contributed by atoms with Crippen LogP contribution in [0.1, 0.15) is 45.4 Å². The van der Waals surface area contributed by atoms with Crippen molar-refractivity contribution in [1.82, 2.24) is 10.6 Å². The van der Waals surface area contributed by atoms with Crippen LogP contribution in [0.5, 0.6) is 0 Å². The molecule has 1 aliphatic rings.